The van der Waals surface area contributed by atoms with Crippen LogP contribution in [0.3, 0.4) is 0 Å². The summed E-state index contributed by atoms with van der Waals surface area (Å²) in [7, 11) is 0. The lowest BCUT2D eigenvalue weighted by atomic mass is 9.97. The number of nitrogen functional groups attached to an aromatic ring is 1. The van der Waals surface area contributed by atoms with Crippen LogP contribution in [0.4, 0.5) is 11.5 Å². The fourth-order valence-corrected chi connectivity index (χ4v) is 1.90. The second-order valence-corrected chi connectivity index (χ2v) is 4.95. The summed E-state index contributed by atoms with van der Waals surface area (Å²) in [5.41, 5.74) is 7.41. The van der Waals surface area contributed by atoms with Gasteiger partial charge in [-0.25, -0.2) is 0 Å². The molecule has 0 spiro atoms. The molecule has 5 nitrogen and oxygen atoms in total. The Balaban J connectivity index is 1.93. The van der Waals surface area contributed by atoms with E-state index >= 15 is 0 Å². The Morgan fingerprint density at radius 3 is 2.55 bits per heavy atom. The third-order valence-electron chi connectivity index (χ3n) is 2.90. The number of nitrogens with two attached hydrogens (primary N) is 1. The number of aromatic nitrogens is 2. The molecule has 0 aliphatic carbocycles. The van der Waals surface area contributed by atoms with Gasteiger partial charge in [-0.15, -0.1) is 10.2 Å². The van der Waals surface area contributed by atoms with Crippen molar-refractivity contribution in [1.29, 1.82) is 0 Å². The standard InChI is InChI=1S/C14H15ClN4O/c1-9(10-2-4-11(16)5-3-10)8-14(20)17-13-7-6-12(15)18-19-13/h2-7,9H,8,16H2,1H3,(H,17,19,20). The van der Waals surface area contributed by atoms with E-state index in [0.29, 0.717) is 23.1 Å². The number of hydrogen-bond donors (Lipinski definition) is 2. The molecule has 0 radical (unpaired) electrons. The van der Waals surface area contributed by atoms with Crippen molar-refractivity contribution in [2.45, 2.75) is 19.3 Å². The SMILES string of the molecule is CC(CC(=O)Nc1ccc(Cl)nn1)c1ccc(N)cc1. The average molecular weight is 291 g/mol. The molecule has 3 N–H and O–H groups in total. The van der Waals surface area contributed by atoms with Crippen molar-refractivity contribution in [2.24, 2.45) is 0 Å². The lowest BCUT2D eigenvalue weighted by Crippen LogP contribution is -2.15. The van der Waals surface area contributed by atoms with E-state index in [4.69, 9.17) is 17.3 Å². The van der Waals surface area contributed by atoms with Crippen LogP contribution in [0.5, 0.6) is 0 Å². The molecule has 1 atom stereocenters. The quantitative estimate of drug-likeness (QED) is 0.849. The molecule has 1 aromatic heterocycles. The Hall–Kier alpha value is -2.14. The van der Waals surface area contributed by atoms with Gasteiger partial charge in [0.05, 0.1) is 0 Å². The summed E-state index contributed by atoms with van der Waals surface area (Å²) in [6.07, 6.45) is 0.355. The summed E-state index contributed by atoms with van der Waals surface area (Å²) in [5, 5.41) is 10.4. The average Bonchev–Trinajstić information content (AvgIpc) is 2.42. The first-order valence-electron chi connectivity index (χ1n) is 6.19. The summed E-state index contributed by atoms with van der Waals surface area (Å²) in [6.45, 7) is 1.98. The van der Waals surface area contributed by atoms with E-state index in [1.165, 1.54) is 0 Å². The highest BCUT2D eigenvalue weighted by Crippen LogP contribution is 2.20. The van der Waals surface area contributed by atoms with Crippen molar-refractivity contribution in [3.8, 4) is 0 Å². The number of halogens is 1. The number of anilines is 2. The zero-order valence-electron chi connectivity index (χ0n) is 11.0. The zero-order chi connectivity index (χ0) is 14.5. The molecule has 6 heteroatoms. The second-order valence-electron chi connectivity index (χ2n) is 4.56. The van der Waals surface area contributed by atoms with Crippen LogP contribution in [0.15, 0.2) is 36.4 Å². The minimum atomic E-state index is -0.119. The van der Waals surface area contributed by atoms with Crippen LogP contribution < -0.4 is 11.1 Å². The smallest absolute Gasteiger partial charge is 0.226 e. The van der Waals surface area contributed by atoms with Gasteiger partial charge in [-0.05, 0) is 35.7 Å². The number of rotatable bonds is 4. The maximum atomic E-state index is 11.9. The van der Waals surface area contributed by atoms with Crippen LogP contribution >= 0.6 is 11.6 Å². The van der Waals surface area contributed by atoms with E-state index in [-0.39, 0.29) is 11.8 Å². The molecule has 2 aromatic rings. The topological polar surface area (TPSA) is 80.9 Å². The number of carbonyl (C=O) groups is 1. The molecular weight excluding hydrogens is 276 g/mol. The van der Waals surface area contributed by atoms with Crippen molar-refractivity contribution >= 4 is 29.0 Å². The molecular formula is C14H15ClN4O. The molecule has 0 saturated heterocycles. The third kappa shape index (κ3) is 3.93. The van der Waals surface area contributed by atoms with Gasteiger partial charge in [-0.3, -0.25) is 4.79 Å². The van der Waals surface area contributed by atoms with Crippen molar-refractivity contribution in [1.82, 2.24) is 10.2 Å². The lowest BCUT2D eigenvalue weighted by molar-refractivity contribution is -0.116. The predicted molar refractivity (Wildman–Crippen MR) is 79.6 cm³/mol. The Morgan fingerprint density at radius 2 is 1.95 bits per heavy atom. The van der Waals surface area contributed by atoms with Crippen molar-refractivity contribution in [2.75, 3.05) is 11.1 Å². The monoisotopic (exact) mass is 290 g/mol. The molecule has 0 aliphatic heterocycles. The van der Waals surface area contributed by atoms with Gasteiger partial charge in [0.1, 0.15) is 0 Å². The molecule has 0 aliphatic rings. The minimum absolute atomic E-state index is 0.0934. The van der Waals surface area contributed by atoms with Gasteiger partial charge in [0.25, 0.3) is 0 Å². The first-order valence-corrected chi connectivity index (χ1v) is 6.57. The lowest BCUT2D eigenvalue weighted by Gasteiger charge is -2.11. The first-order chi connectivity index (χ1) is 9.54. The molecule has 2 rings (SSSR count). The molecule has 104 valence electrons. The van der Waals surface area contributed by atoms with Crippen LogP contribution in [-0.2, 0) is 4.79 Å². The molecule has 1 heterocycles. The highest BCUT2D eigenvalue weighted by Gasteiger charge is 2.12. The van der Waals surface area contributed by atoms with Crippen molar-refractivity contribution < 1.29 is 4.79 Å². The summed E-state index contributed by atoms with van der Waals surface area (Å²) in [5.74, 6) is 0.366. The summed E-state index contributed by atoms with van der Waals surface area (Å²) >= 11 is 5.63. The van der Waals surface area contributed by atoms with Gasteiger partial charge >= 0.3 is 0 Å². The number of nitrogens with zero attached hydrogens (tertiary/aromatic N) is 2. The van der Waals surface area contributed by atoms with E-state index in [0.717, 1.165) is 5.56 Å². The Kier molecular flexibility index (Phi) is 4.53. The van der Waals surface area contributed by atoms with Crippen molar-refractivity contribution in [3.05, 3.63) is 47.1 Å². The van der Waals surface area contributed by atoms with Crippen LogP contribution in [-0.4, -0.2) is 16.1 Å². The molecule has 1 amide bonds. The summed E-state index contributed by atoms with van der Waals surface area (Å²) < 4.78 is 0. The largest absolute Gasteiger partial charge is 0.399 e. The number of amides is 1. The second kappa shape index (κ2) is 6.34. The van der Waals surface area contributed by atoms with E-state index in [2.05, 4.69) is 15.5 Å². The van der Waals surface area contributed by atoms with Gasteiger partial charge in [0, 0.05) is 12.1 Å². The molecule has 0 fully saturated rings. The van der Waals surface area contributed by atoms with E-state index < -0.39 is 0 Å². The van der Waals surface area contributed by atoms with E-state index in [1.54, 1.807) is 12.1 Å². The number of nitrogens with one attached hydrogen (secondary N) is 1. The third-order valence-corrected chi connectivity index (χ3v) is 3.10. The number of carbonyl (C=O) groups excluding carboxylic acids is 1. The molecule has 1 unspecified atom stereocenters. The normalized spacial score (nSPS) is 11.9. The highest BCUT2D eigenvalue weighted by atomic mass is 35.5. The Labute approximate surface area is 122 Å². The van der Waals surface area contributed by atoms with Gasteiger partial charge in [-0.2, -0.15) is 0 Å². The molecule has 0 bridgehead atoms. The highest BCUT2D eigenvalue weighted by molar-refractivity contribution is 6.29. The molecule has 1 aromatic carbocycles. The predicted octanol–water partition coefficient (Wildman–Crippen LogP) is 2.84. The Morgan fingerprint density at radius 1 is 1.25 bits per heavy atom. The zero-order valence-corrected chi connectivity index (χ0v) is 11.8. The first kappa shape index (κ1) is 14.3. The van der Waals surface area contributed by atoms with Gasteiger partial charge in [-0.1, -0.05) is 30.7 Å². The number of benzene rings is 1. The fourth-order valence-electron chi connectivity index (χ4n) is 1.80. The van der Waals surface area contributed by atoms with Crippen LogP contribution in [0.25, 0.3) is 0 Å². The maximum Gasteiger partial charge on any atom is 0.226 e. The van der Waals surface area contributed by atoms with Gasteiger partial charge < -0.3 is 11.1 Å². The van der Waals surface area contributed by atoms with E-state index in [9.17, 15) is 4.79 Å². The fraction of sp³-hybridized carbons (Fsp3) is 0.214. The molecule has 0 saturated carbocycles. The van der Waals surface area contributed by atoms with Crippen LogP contribution in [0.1, 0.15) is 24.8 Å². The number of hydrogen-bond acceptors (Lipinski definition) is 4. The summed E-state index contributed by atoms with van der Waals surface area (Å²) in [4.78, 5) is 11.9. The maximum absolute atomic E-state index is 11.9. The van der Waals surface area contributed by atoms with E-state index in [1.807, 2.05) is 31.2 Å². The van der Waals surface area contributed by atoms with Gasteiger partial charge in [0.15, 0.2) is 11.0 Å². The van der Waals surface area contributed by atoms with Gasteiger partial charge in [0.2, 0.25) is 5.91 Å². The Bertz CT molecular complexity index is 583. The minimum Gasteiger partial charge on any atom is -0.399 e. The molecule has 20 heavy (non-hydrogen) atoms. The van der Waals surface area contributed by atoms with Crippen LogP contribution in [0, 0.1) is 0 Å². The van der Waals surface area contributed by atoms with Crippen LogP contribution in [0.2, 0.25) is 5.15 Å². The van der Waals surface area contributed by atoms with Crippen molar-refractivity contribution in [3.63, 3.8) is 0 Å². The summed E-state index contributed by atoms with van der Waals surface area (Å²) in [6, 6.07) is 10.7.